The summed E-state index contributed by atoms with van der Waals surface area (Å²) in [6.07, 6.45) is 1.05. The molecule has 1 aromatic rings. The average Bonchev–Trinajstić information content (AvgIpc) is 2.25. The number of hydrogen-bond acceptors (Lipinski definition) is 2. The van der Waals surface area contributed by atoms with E-state index in [2.05, 4.69) is 11.9 Å². The molecule has 0 aromatic heterocycles. The van der Waals surface area contributed by atoms with Crippen LogP contribution in [0, 0.1) is 0 Å². The van der Waals surface area contributed by atoms with Crippen molar-refractivity contribution >= 4 is 5.90 Å². The molecule has 0 aliphatic carbocycles. The summed E-state index contributed by atoms with van der Waals surface area (Å²) in [5.41, 5.74) is 1.06. The summed E-state index contributed by atoms with van der Waals surface area (Å²) in [7, 11) is 0. The molecule has 76 valence electrons. The molecule has 0 saturated carbocycles. The number of ether oxygens (including phenoxy) is 1. The lowest BCUT2D eigenvalue weighted by atomic mass is 10.2. The minimum atomic E-state index is 0.664. The van der Waals surface area contributed by atoms with E-state index in [9.17, 15) is 0 Å². The van der Waals surface area contributed by atoms with E-state index in [1.165, 1.54) is 0 Å². The Bertz CT molecular complexity index is 280. The van der Waals surface area contributed by atoms with Gasteiger partial charge in [0.05, 0.1) is 6.61 Å². The molecule has 0 N–H and O–H groups in total. The van der Waals surface area contributed by atoms with Crippen molar-refractivity contribution in [2.45, 2.75) is 20.3 Å². The second-order valence-corrected chi connectivity index (χ2v) is 2.99. The summed E-state index contributed by atoms with van der Waals surface area (Å²) in [6, 6.07) is 10.0. The molecule has 0 aliphatic rings. The van der Waals surface area contributed by atoms with Gasteiger partial charge in [0.1, 0.15) is 0 Å². The van der Waals surface area contributed by atoms with Crippen molar-refractivity contribution < 1.29 is 4.74 Å². The van der Waals surface area contributed by atoms with Crippen LogP contribution in [0.4, 0.5) is 0 Å². The first-order valence-corrected chi connectivity index (χ1v) is 5.11. The first-order chi connectivity index (χ1) is 6.88. The Morgan fingerprint density at radius 2 is 1.93 bits per heavy atom. The predicted octanol–water partition coefficient (Wildman–Crippen LogP) is 2.88. The van der Waals surface area contributed by atoms with Crippen molar-refractivity contribution in [2.24, 2.45) is 4.99 Å². The molecule has 0 amide bonds. The molecule has 0 spiro atoms. The van der Waals surface area contributed by atoms with Crippen LogP contribution >= 0.6 is 0 Å². The van der Waals surface area contributed by atoms with Crippen LogP contribution in [0.2, 0.25) is 0 Å². The fourth-order valence-corrected chi connectivity index (χ4v) is 1.15. The number of aliphatic imine (C=N–C) groups is 1. The van der Waals surface area contributed by atoms with E-state index in [4.69, 9.17) is 4.74 Å². The summed E-state index contributed by atoms with van der Waals surface area (Å²) in [4.78, 5) is 4.40. The molecule has 14 heavy (non-hydrogen) atoms. The zero-order valence-corrected chi connectivity index (χ0v) is 8.86. The Morgan fingerprint density at radius 3 is 2.50 bits per heavy atom. The maximum Gasteiger partial charge on any atom is 0.216 e. The van der Waals surface area contributed by atoms with Crippen LogP contribution < -0.4 is 0 Å². The maximum absolute atomic E-state index is 5.48. The van der Waals surface area contributed by atoms with Crippen LogP contribution in [0.1, 0.15) is 25.8 Å². The Kier molecular flexibility index (Phi) is 4.76. The molecule has 0 aliphatic heterocycles. The smallest absolute Gasteiger partial charge is 0.216 e. The van der Waals surface area contributed by atoms with Crippen molar-refractivity contribution in [1.29, 1.82) is 0 Å². The van der Waals surface area contributed by atoms with Gasteiger partial charge in [-0.05, 0) is 25.5 Å². The molecule has 0 heterocycles. The van der Waals surface area contributed by atoms with Crippen molar-refractivity contribution in [3.63, 3.8) is 0 Å². The van der Waals surface area contributed by atoms with Crippen molar-refractivity contribution in [3.8, 4) is 0 Å². The molecule has 0 atom stereocenters. The Balaban J connectivity index is 2.77. The van der Waals surface area contributed by atoms with Crippen LogP contribution in [-0.4, -0.2) is 19.0 Å². The van der Waals surface area contributed by atoms with E-state index >= 15 is 0 Å². The van der Waals surface area contributed by atoms with Gasteiger partial charge in [-0.3, -0.25) is 4.99 Å². The second kappa shape index (κ2) is 6.19. The number of rotatable bonds is 4. The Labute approximate surface area is 85.6 Å². The third kappa shape index (κ3) is 3.21. The molecule has 0 saturated heterocycles. The minimum Gasteiger partial charge on any atom is -0.478 e. The van der Waals surface area contributed by atoms with Crippen LogP contribution in [0.15, 0.2) is 35.3 Å². The van der Waals surface area contributed by atoms with Gasteiger partial charge in [-0.1, -0.05) is 25.1 Å². The topological polar surface area (TPSA) is 21.6 Å². The second-order valence-electron chi connectivity index (χ2n) is 2.99. The molecule has 2 nitrogen and oxygen atoms in total. The Morgan fingerprint density at radius 1 is 1.21 bits per heavy atom. The zero-order valence-electron chi connectivity index (χ0n) is 8.86. The largest absolute Gasteiger partial charge is 0.478 e. The Hall–Kier alpha value is -1.31. The number of benzene rings is 1. The first kappa shape index (κ1) is 10.8. The fraction of sp³-hybridized carbons (Fsp3) is 0.417. The highest BCUT2D eigenvalue weighted by molar-refractivity contribution is 5.94. The van der Waals surface area contributed by atoms with E-state index < -0.39 is 0 Å². The zero-order chi connectivity index (χ0) is 10.2. The third-order valence-corrected chi connectivity index (χ3v) is 1.78. The summed E-state index contributed by atoms with van der Waals surface area (Å²) in [5, 5.41) is 0. The average molecular weight is 191 g/mol. The monoisotopic (exact) mass is 191 g/mol. The van der Waals surface area contributed by atoms with Gasteiger partial charge < -0.3 is 4.74 Å². The molecule has 2 heteroatoms. The lowest BCUT2D eigenvalue weighted by molar-refractivity contribution is 0.327. The quantitative estimate of drug-likeness (QED) is 0.529. The van der Waals surface area contributed by atoms with Gasteiger partial charge in [-0.2, -0.15) is 0 Å². The molecule has 1 rings (SSSR count). The summed E-state index contributed by atoms with van der Waals surface area (Å²) >= 11 is 0. The fourth-order valence-electron chi connectivity index (χ4n) is 1.15. The van der Waals surface area contributed by atoms with E-state index in [0.29, 0.717) is 6.61 Å². The predicted molar refractivity (Wildman–Crippen MR) is 59.8 cm³/mol. The van der Waals surface area contributed by atoms with Crippen LogP contribution in [0.25, 0.3) is 0 Å². The van der Waals surface area contributed by atoms with Gasteiger partial charge in [0, 0.05) is 12.1 Å². The standard InChI is InChI=1S/C12H17NO/c1-3-10-13-12(14-4-2)11-8-6-5-7-9-11/h5-9H,3-4,10H2,1-2H3. The molecular formula is C12H17NO. The van der Waals surface area contributed by atoms with Crippen LogP contribution in [0.5, 0.6) is 0 Å². The van der Waals surface area contributed by atoms with Gasteiger partial charge in [0.2, 0.25) is 5.90 Å². The van der Waals surface area contributed by atoms with Crippen molar-refractivity contribution in [2.75, 3.05) is 13.2 Å². The summed E-state index contributed by atoms with van der Waals surface area (Å²) < 4.78 is 5.48. The van der Waals surface area contributed by atoms with Crippen molar-refractivity contribution in [1.82, 2.24) is 0 Å². The maximum atomic E-state index is 5.48. The lowest BCUT2D eigenvalue weighted by Gasteiger charge is -2.06. The molecule has 0 unspecified atom stereocenters. The van der Waals surface area contributed by atoms with Gasteiger partial charge in [0.15, 0.2) is 0 Å². The lowest BCUT2D eigenvalue weighted by Crippen LogP contribution is -2.07. The van der Waals surface area contributed by atoms with Gasteiger partial charge in [0.25, 0.3) is 0 Å². The van der Waals surface area contributed by atoms with E-state index in [-0.39, 0.29) is 0 Å². The van der Waals surface area contributed by atoms with Crippen LogP contribution in [0.3, 0.4) is 0 Å². The first-order valence-electron chi connectivity index (χ1n) is 5.11. The molecule has 1 aromatic carbocycles. The van der Waals surface area contributed by atoms with E-state index in [1.54, 1.807) is 0 Å². The van der Waals surface area contributed by atoms with Gasteiger partial charge in [-0.15, -0.1) is 0 Å². The molecule has 0 radical (unpaired) electrons. The SMILES string of the molecule is CCCN=C(OCC)c1ccccc1. The van der Waals surface area contributed by atoms with Crippen LogP contribution in [-0.2, 0) is 4.74 Å². The van der Waals surface area contributed by atoms with Gasteiger partial charge >= 0.3 is 0 Å². The highest BCUT2D eigenvalue weighted by Crippen LogP contribution is 2.03. The van der Waals surface area contributed by atoms with E-state index in [0.717, 1.165) is 24.4 Å². The van der Waals surface area contributed by atoms with Gasteiger partial charge in [-0.25, -0.2) is 0 Å². The number of nitrogens with zero attached hydrogens (tertiary/aromatic N) is 1. The van der Waals surface area contributed by atoms with E-state index in [1.807, 2.05) is 37.3 Å². The molecular weight excluding hydrogens is 174 g/mol. The minimum absolute atomic E-state index is 0.664. The highest BCUT2D eigenvalue weighted by atomic mass is 16.5. The summed E-state index contributed by atoms with van der Waals surface area (Å²) in [5.74, 6) is 0.759. The van der Waals surface area contributed by atoms with Crippen molar-refractivity contribution in [3.05, 3.63) is 35.9 Å². The number of hydrogen-bond donors (Lipinski definition) is 0. The third-order valence-electron chi connectivity index (χ3n) is 1.78. The normalized spacial score (nSPS) is 11.4. The summed E-state index contributed by atoms with van der Waals surface area (Å²) in [6.45, 7) is 5.57. The highest BCUT2D eigenvalue weighted by Gasteiger charge is 2.01. The molecule has 0 bridgehead atoms. The molecule has 0 fully saturated rings.